The number of amidine groups is 2. The third-order valence-electron chi connectivity index (χ3n) is 5.98. The molecule has 2 amide bonds. The van der Waals surface area contributed by atoms with Gasteiger partial charge in [0.1, 0.15) is 16.5 Å². The van der Waals surface area contributed by atoms with Gasteiger partial charge in [0.15, 0.2) is 5.84 Å². The molecule has 11 heteroatoms. The molecule has 5 rings (SSSR count). The van der Waals surface area contributed by atoms with Crippen molar-refractivity contribution in [1.29, 1.82) is 5.41 Å². The fourth-order valence-corrected chi connectivity index (χ4v) is 4.88. The second kappa shape index (κ2) is 10.4. The summed E-state index contributed by atoms with van der Waals surface area (Å²) in [6, 6.07) is 13.1. The molecule has 0 unspecified atom stereocenters. The lowest BCUT2D eigenvalue weighted by atomic mass is 10.1. The van der Waals surface area contributed by atoms with Crippen LogP contribution in [-0.2, 0) is 9.59 Å². The number of aliphatic imine (C=N–C) groups is 1. The predicted octanol–water partition coefficient (Wildman–Crippen LogP) is 3.55. The molecular formula is C26H23N5O5S. The van der Waals surface area contributed by atoms with Crippen LogP contribution in [-0.4, -0.2) is 63.9 Å². The smallest absolute Gasteiger partial charge is 0.343 e. The molecule has 3 aliphatic heterocycles. The molecule has 1 N–H and O–H groups in total. The Morgan fingerprint density at radius 3 is 2.41 bits per heavy atom. The molecule has 0 aliphatic carbocycles. The molecule has 0 aromatic heterocycles. The summed E-state index contributed by atoms with van der Waals surface area (Å²) < 4.78 is 10.5. The van der Waals surface area contributed by atoms with E-state index in [4.69, 9.17) is 14.9 Å². The van der Waals surface area contributed by atoms with Crippen molar-refractivity contribution in [3.8, 4) is 11.5 Å². The lowest BCUT2D eigenvalue weighted by molar-refractivity contribution is -0.128. The molecule has 37 heavy (non-hydrogen) atoms. The van der Waals surface area contributed by atoms with Crippen LogP contribution in [0, 0.1) is 5.41 Å². The maximum atomic E-state index is 12.7. The average molecular weight is 518 g/mol. The van der Waals surface area contributed by atoms with Crippen molar-refractivity contribution in [2.45, 2.75) is 19.3 Å². The lowest BCUT2D eigenvalue weighted by Crippen LogP contribution is -2.35. The van der Waals surface area contributed by atoms with Crippen LogP contribution in [0.5, 0.6) is 11.5 Å². The molecule has 0 atom stereocenters. The van der Waals surface area contributed by atoms with E-state index in [1.165, 1.54) is 11.1 Å². The van der Waals surface area contributed by atoms with E-state index in [9.17, 15) is 14.4 Å². The molecule has 1 saturated heterocycles. The number of esters is 1. The minimum absolute atomic E-state index is 0.00870. The zero-order chi connectivity index (χ0) is 25.9. The van der Waals surface area contributed by atoms with Crippen LogP contribution in [0.25, 0.3) is 6.08 Å². The standard InChI is InChI=1S/C26H23N5O5S/c1-35-18-10-6-17(7-11-18)25(34)36-19-8-4-16(5-9-19)14-20-23(27)31-26(28-24(20)33)37-21(29-31)15-22(32)30-12-2-3-13-30/h4-11,14,27H,2-3,12-13,15H2,1H3/b20-14-,27-23?. The van der Waals surface area contributed by atoms with Crippen molar-refractivity contribution in [2.24, 2.45) is 10.1 Å². The van der Waals surface area contributed by atoms with Gasteiger partial charge in [-0.2, -0.15) is 15.1 Å². The molecule has 2 aromatic rings. The van der Waals surface area contributed by atoms with Crippen molar-refractivity contribution in [3.63, 3.8) is 0 Å². The highest BCUT2D eigenvalue weighted by molar-refractivity contribution is 8.27. The number of ether oxygens (including phenoxy) is 2. The number of amides is 2. The topological polar surface area (TPSA) is 125 Å². The summed E-state index contributed by atoms with van der Waals surface area (Å²) >= 11 is 1.14. The van der Waals surface area contributed by atoms with E-state index in [1.54, 1.807) is 55.6 Å². The molecule has 10 nitrogen and oxygen atoms in total. The van der Waals surface area contributed by atoms with Gasteiger partial charge in [0, 0.05) is 13.1 Å². The summed E-state index contributed by atoms with van der Waals surface area (Å²) in [5.74, 6) is -0.213. The number of fused-ring (bicyclic) bond motifs is 1. The molecular weight excluding hydrogens is 494 g/mol. The van der Waals surface area contributed by atoms with Gasteiger partial charge in [-0.3, -0.25) is 15.0 Å². The number of rotatable bonds is 6. The third-order valence-corrected chi connectivity index (χ3v) is 6.89. The van der Waals surface area contributed by atoms with E-state index >= 15 is 0 Å². The van der Waals surface area contributed by atoms with Crippen molar-refractivity contribution in [2.75, 3.05) is 20.2 Å². The normalized spacial score (nSPS) is 18.0. The van der Waals surface area contributed by atoms with Gasteiger partial charge in [-0.1, -0.05) is 12.1 Å². The average Bonchev–Trinajstić information content (AvgIpc) is 3.58. The Hall–Kier alpha value is -4.25. The summed E-state index contributed by atoms with van der Waals surface area (Å²) in [5, 5.41) is 15.0. The number of nitrogens with zero attached hydrogens (tertiary/aromatic N) is 4. The second-order valence-electron chi connectivity index (χ2n) is 8.47. The number of hydrogen-bond donors (Lipinski definition) is 1. The van der Waals surface area contributed by atoms with Gasteiger partial charge >= 0.3 is 5.97 Å². The largest absolute Gasteiger partial charge is 0.497 e. The summed E-state index contributed by atoms with van der Waals surface area (Å²) in [4.78, 5) is 43.4. The van der Waals surface area contributed by atoms with Gasteiger partial charge in [0.05, 0.1) is 24.7 Å². The highest BCUT2D eigenvalue weighted by Crippen LogP contribution is 2.30. The lowest BCUT2D eigenvalue weighted by Gasteiger charge is -2.20. The van der Waals surface area contributed by atoms with Gasteiger partial charge in [-0.15, -0.1) is 0 Å². The number of hydrogen-bond acceptors (Lipinski definition) is 8. The summed E-state index contributed by atoms with van der Waals surface area (Å²) in [6.45, 7) is 1.50. The highest BCUT2D eigenvalue weighted by atomic mass is 32.2. The van der Waals surface area contributed by atoms with E-state index in [0.717, 1.165) is 37.7 Å². The Labute approximate surface area is 217 Å². The monoisotopic (exact) mass is 517 g/mol. The Morgan fingerprint density at radius 2 is 1.73 bits per heavy atom. The fourth-order valence-electron chi connectivity index (χ4n) is 4.00. The number of hydrazone groups is 1. The van der Waals surface area contributed by atoms with Gasteiger partial charge in [-0.05, 0) is 72.6 Å². The van der Waals surface area contributed by atoms with Crippen LogP contribution in [0.1, 0.15) is 35.2 Å². The molecule has 2 aromatic carbocycles. The van der Waals surface area contributed by atoms with Crippen LogP contribution in [0.4, 0.5) is 0 Å². The van der Waals surface area contributed by atoms with E-state index in [-0.39, 0.29) is 28.9 Å². The number of benzene rings is 2. The number of nitrogens with one attached hydrogen (secondary N) is 1. The minimum Gasteiger partial charge on any atom is -0.497 e. The molecule has 0 spiro atoms. The van der Waals surface area contributed by atoms with Crippen LogP contribution in [0.2, 0.25) is 0 Å². The molecule has 0 radical (unpaired) electrons. The Balaban J connectivity index is 1.26. The zero-order valence-electron chi connectivity index (χ0n) is 20.0. The van der Waals surface area contributed by atoms with Gasteiger partial charge in [0.25, 0.3) is 5.91 Å². The van der Waals surface area contributed by atoms with Crippen LogP contribution in [0.3, 0.4) is 0 Å². The first-order chi connectivity index (χ1) is 17.9. The Bertz CT molecular complexity index is 1360. The van der Waals surface area contributed by atoms with Gasteiger partial charge in [0.2, 0.25) is 11.1 Å². The SMILES string of the molecule is COc1ccc(C(=O)Oc2ccc(/C=C3/C(=N)N4N=C(CC(=O)N5CCCC5)SC4=NC3=O)cc2)cc1. The fraction of sp³-hybridized carbons (Fsp3) is 0.231. The second-order valence-corrected chi connectivity index (χ2v) is 9.51. The van der Waals surface area contributed by atoms with E-state index in [2.05, 4.69) is 10.1 Å². The first-order valence-corrected chi connectivity index (χ1v) is 12.5. The summed E-state index contributed by atoms with van der Waals surface area (Å²) in [5.41, 5.74) is 1.08. The van der Waals surface area contributed by atoms with Crippen LogP contribution >= 0.6 is 11.8 Å². The minimum atomic E-state index is -0.555. The molecule has 0 bridgehead atoms. The number of thioether (sulfide) groups is 1. The molecule has 3 heterocycles. The Kier molecular flexibility index (Phi) is 6.87. The van der Waals surface area contributed by atoms with Crippen LogP contribution in [0.15, 0.2) is 64.2 Å². The first kappa shape index (κ1) is 24.4. The number of carbonyl (C=O) groups excluding carboxylic acids is 3. The predicted molar refractivity (Wildman–Crippen MR) is 140 cm³/mol. The molecule has 188 valence electrons. The first-order valence-electron chi connectivity index (χ1n) is 11.6. The van der Waals surface area contributed by atoms with Gasteiger partial charge < -0.3 is 14.4 Å². The van der Waals surface area contributed by atoms with E-state index in [1.807, 2.05) is 4.90 Å². The Morgan fingerprint density at radius 1 is 1.05 bits per heavy atom. The maximum absolute atomic E-state index is 12.7. The quantitative estimate of drug-likeness (QED) is 0.353. The summed E-state index contributed by atoms with van der Waals surface area (Å²) in [7, 11) is 1.55. The number of likely N-dealkylation sites (tertiary alicyclic amines) is 1. The van der Waals surface area contributed by atoms with Crippen LogP contribution < -0.4 is 9.47 Å². The zero-order valence-corrected chi connectivity index (χ0v) is 20.8. The molecule has 1 fully saturated rings. The maximum Gasteiger partial charge on any atom is 0.343 e. The molecule has 3 aliphatic rings. The van der Waals surface area contributed by atoms with E-state index in [0.29, 0.717) is 27.7 Å². The number of carbonyl (C=O) groups is 3. The van der Waals surface area contributed by atoms with Crippen molar-refractivity contribution < 1.29 is 23.9 Å². The highest BCUT2D eigenvalue weighted by Gasteiger charge is 2.36. The molecule has 0 saturated carbocycles. The van der Waals surface area contributed by atoms with Gasteiger partial charge in [-0.25, -0.2) is 4.79 Å². The summed E-state index contributed by atoms with van der Waals surface area (Å²) in [6.07, 6.45) is 3.66. The van der Waals surface area contributed by atoms with Crippen molar-refractivity contribution >= 4 is 51.7 Å². The van der Waals surface area contributed by atoms with Crippen molar-refractivity contribution in [1.82, 2.24) is 9.91 Å². The van der Waals surface area contributed by atoms with Crippen molar-refractivity contribution in [3.05, 3.63) is 65.2 Å². The third kappa shape index (κ3) is 5.31. The number of methoxy groups -OCH3 is 1. The van der Waals surface area contributed by atoms with E-state index < -0.39 is 11.9 Å².